The molecule has 4 heteroatoms. The molecule has 0 saturated carbocycles. The van der Waals surface area contributed by atoms with Crippen LogP contribution in [0.5, 0.6) is 0 Å². The van der Waals surface area contributed by atoms with Crippen molar-refractivity contribution in [3.05, 3.63) is 145 Å². The highest BCUT2D eigenvalue weighted by Crippen LogP contribution is 2.42. The van der Waals surface area contributed by atoms with Crippen molar-refractivity contribution < 1.29 is 8.78 Å². The van der Waals surface area contributed by atoms with Gasteiger partial charge in [0, 0.05) is 17.0 Å². The molecular formula is C37H24F2N2. The first kappa shape index (κ1) is 23.8. The first-order chi connectivity index (χ1) is 20.2. The lowest BCUT2D eigenvalue weighted by Crippen LogP contribution is -2.31. The van der Waals surface area contributed by atoms with E-state index in [4.69, 9.17) is 4.98 Å². The fourth-order valence-electron chi connectivity index (χ4n) is 6.45. The van der Waals surface area contributed by atoms with Crippen molar-refractivity contribution in [3.63, 3.8) is 0 Å². The average Bonchev–Trinajstić information content (AvgIpc) is 3.02. The molecule has 1 aliphatic carbocycles. The second-order valence-corrected chi connectivity index (χ2v) is 10.6. The van der Waals surface area contributed by atoms with Crippen molar-refractivity contribution in [1.82, 2.24) is 4.98 Å². The Labute approximate surface area is 235 Å². The van der Waals surface area contributed by atoms with E-state index in [-0.39, 0.29) is 17.7 Å². The summed E-state index contributed by atoms with van der Waals surface area (Å²) < 4.78 is 30.0. The molecule has 1 heterocycles. The Morgan fingerprint density at radius 3 is 2.07 bits per heavy atom. The summed E-state index contributed by atoms with van der Waals surface area (Å²) in [6.45, 7) is 0. The van der Waals surface area contributed by atoms with E-state index in [2.05, 4.69) is 66.8 Å². The van der Waals surface area contributed by atoms with Gasteiger partial charge < -0.3 is 4.90 Å². The van der Waals surface area contributed by atoms with Gasteiger partial charge in [0.2, 0.25) is 0 Å². The highest BCUT2D eigenvalue weighted by molar-refractivity contribution is 6.29. The number of nitrogens with zero attached hydrogens (tertiary/aromatic N) is 2. The molecule has 7 aromatic rings. The van der Waals surface area contributed by atoms with Gasteiger partial charge in [-0.15, -0.1) is 0 Å². The first-order valence-electron chi connectivity index (χ1n) is 13.8. The quantitative estimate of drug-likeness (QED) is 0.165. The maximum absolute atomic E-state index is 15.0. The standard InChI is InChI=1S/C37H24F2N2/c38-31-7-1-3-9-33(31)41(34-10-4-2-8-32(34)39)27-16-11-23(12-17-27)28-18-13-24-14-20-30-36-25(15-19-29(28)35(24)36)22-26-6-5-21-40-37(26)30/h1-16,18-22,27H,17H2. The minimum absolute atomic E-state index is 0.246. The van der Waals surface area contributed by atoms with Crippen LogP contribution in [0.2, 0.25) is 0 Å². The fourth-order valence-corrected chi connectivity index (χ4v) is 6.45. The molecule has 1 atom stereocenters. The summed E-state index contributed by atoms with van der Waals surface area (Å²) in [6.07, 6.45) is 8.79. The van der Waals surface area contributed by atoms with Crippen LogP contribution in [-0.2, 0) is 0 Å². The number of benzene rings is 6. The SMILES string of the molecule is Fc1ccccc1N(c1ccccc1F)C1C=CC(c2ccc3ccc4c5ncccc5cc5ccc2c3c54)=CC1. The lowest BCUT2D eigenvalue weighted by molar-refractivity contribution is 0.603. The second-order valence-electron chi connectivity index (χ2n) is 10.6. The maximum atomic E-state index is 15.0. The number of hydrogen-bond donors (Lipinski definition) is 0. The molecular weight excluding hydrogens is 510 g/mol. The number of aromatic nitrogens is 1. The number of fused-ring (bicyclic) bond motifs is 2. The zero-order valence-electron chi connectivity index (χ0n) is 22.1. The fraction of sp³-hybridized carbons (Fsp3) is 0.0541. The van der Waals surface area contributed by atoms with Crippen LogP contribution in [0.1, 0.15) is 12.0 Å². The van der Waals surface area contributed by atoms with Gasteiger partial charge in [-0.1, -0.05) is 85.0 Å². The van der Waals surface area contributed by atoms with E-state index in [0.717, 1.165) is 27.4 Å². The van der Waals surface area contributed by atoms with Crippen molar-refractivity contribution in [2.75, 3.05) is 4.90 Å². The van der Waals surface area contributed by atoms with Gasteiger partial charge in [0.15, 0.2) is 0 Å². The molecule has 196 valence electrons. The third-order valence-electron chi connectivity index (χ3n) is 8.29. The molecule has 0 aliphatic heterocycles. The maximum Gasteiger partial charge on any atom is 0.146 e. The van der Waals surface area contributed by atoms with Crippen LogP contribution in [0.25, 0.3) is 48.8 Å². The van der Waals surface area contributed by atoms with E-state index in [9.17, 15) is 0 Å². The lowest BCUT2D eigenvalue weighted by Gasteiger charge is -2.33. The van der Waals surface area contributed by atoms with Crippen LogP contribution >= 0.6 is 0 Å². The summed E-state index contributed by atoms with van der Waals surface area (Å²) >= 11 is 0. The largest absolute Gasteiger partial charge is 0.329 e. The van der Waals surface area contributed by atoms with E-state index >= 15 is 8.78 Å². The van der Waals surface area contributed by atoms with Crippen molar-refractivity contribution in [2.45, 2.75) is 12.5 Å². The van der Waals surface area contributed by atoms with Gasteiger partial charge in [-0.25, -0.2) is 8.78 Å². The molecule has 6 aromatic carbocycles. The highest BCUT2D eigenvalue weighted by atomic mass is 19.1. The molecule has 0 saturated heterocycles. The number of halogens is 2. The average molecular weight is 535 g/mol. The van der Waals surface area contributed by atoms with Crippen molar-refractivity contribution in [2.24, 2.45) is 0 Å². The van der Waals surface area contributed by atoms with Crippen LogP contribution in [0, 0.1) is 11.6 Å². The van der Waals surface area contributed by atoms with E-state index in [1.54, 1.807) is 41.3 Å². The van der Waals surface area contributed by atoms with Crippen LogP contribution in [0.4, 0.5) is 20.2 Å². The zero-order chi connectivity index (χ0) is 27.5. The molecule has 41 heavy (non-hydrogen) atoms. The summed E-state index contributed by atoms with van der Waals surface area (Å²) in [5.74, 6) is -0.763. The predicted octanol–water partition coefficient (Wildman–Crippen LogP) is 9.96. The molecule has 8 rings (SSSR count). The molecule has 1 aliphatic rings. The molecule has 0 radical (unpaired) electrons. The number of allylic oxidation sites excluding steroid dienone is 2. The Bertz CT molecular complexity index is 2130. The van der Waals surface area contributed by atoms with Crippen molar-refractivity contribution in [1.29, 1.82) is 0 Å². The molecule has 1 unspecified atom stereocenters. The van der Waals surface area contributed by atoms with Gasteiger partial charge in [0.1, 0.15) is 11.6 Å². The summed E-state index contributed by atoms with van der Waals surface area (Å²) in [5, 5.41) is 8.35. The van der Waals surface area contributed by atoms with Gasteiger partial charge >= 0.3 is 0 Å². The highest BCUT2D eigenvalue weighted by Gasteiger charge is 2.25. The smallest absolute Gasteiger partial charge is 0.146 e. The molecule has 0 spiro atoms. The monoisotopic (exact) mass is 534 g/mol. The summed E-state index contributed by atoms with van der Waals surface area (Å²) in [7, 11) is 0. The number of para-hydroxylation sites is 2. The van der Waals surface area contributed by atoms with Gasteiger partial charge in [-0.05, 0) is 80.9 Å². The zero-order valence-corrected chi connectivity index (χ0v) is 22.1. The van der Waals surface area contributed by atoms with Crippen LogP contribution < -0.4 is 4.90 Å². The summed E-state index contributed by atoms with van der Waals surface area (Å²) in [4.78, 5) is 6.47. The van der Waals surface area contributed by atoms with E-state index in [1.807, 2.05) is 12.3 Å². The van der Waals surface area contributed by atoms with Gasteiger partial charge in [0.05, 0.1) is 22.9 Å². The molecule has 0 bridgehead atoms. The normalized spacial score (nSPS) is 15.3. The van der Waals surface area contributed by atoms with E-state index in [0.29, 0.717) is 17.8 Å². The molecule has 1 aromatic heterocycles. The minimum Gasteiger partial charge on any atom is -0.329 e. The topological polar surface area (TPSA) is 16.1 Å². The number of hydrogen-bond acceptors (Lipinski definition) is 2. The summed E-state index contributed by atoms with van der Waals surface area (Å²) in [5.41, 5.74) is 3.97. The molecule has 0 amide bonds. The summed E-state index contributed by atoms with van der Waals surface area (Å²) in [6, 6.07) is 32.3. The van der Waals surface area contributed by atoms with Gasteiger partial charge in [-0.3, -0.25) is 4.98 Å². The Balaban J connectivity index is 1.24. The minimum atomic E-state index is -0.382. The van der Waals surface area contributed by atoms with Crippen LogP contribution in [0.15, 0.2) is 128 Å². The Hall–Kier alpha value is -5.09. The van der Waals surface area contributed by atoms with Gasteiger partial charge in [0.25, 0.3) is 0 Å². The Morgan fingerprint density at radius 1 is 0.659 bits per heavy atom. The predicted molar refractivity (Wildman–Crippen MR) is 166 cm³/mol. The van der Waals surface area contributed by atoms with E-state index in [1.165, 1.54) is 39.1 Å². The molecule has 2 nitrogen and oxygen atoms in total. The lowest BCUT2D eigenvalue weighted by atomic mass is 9.87. The third-order valence-corrected chi connectivity index (χ3v) is 8.29. The van der Waals surface area contributed by atoms with Crippen LogP contribution in [-0.4, -0.2) is 11.0 Å². The second kappa shape index (κ2) is 9.24. The Morgan fingerprint density at radius 2 is 1.34 bits per heavy atom. The first-order valence-corrected chi connectivity index (χ1v) is 13.8. The van der Waals surface area contributed by atoms with Crippen molar-refractivity contribution >= 4 is 60.2 Å². The number of anilines is 2. The van der Waals surface area contributed by atoms with E-state index < -0.39 is 0 Å². The third kappa shape index (κ3) is 3.71. The molecule has 0 fully saturated rings. The number of pyridine rings is 1. The van der Waals surface area contributed by atoms with Crippen molar-refractivity contribution in [3.8, 4) is 0 Å². The van der Waals surface area contributed by atoms with Crippen LogP contribution in [0.3, 0.4) is 0 Å². The van der Waals surface area contributed by atoms with Gasteiger partial charge in [-0.2, -0.15) is 0 Å². The number of rotatable bonds is 4. The molecule has 0 N–H and O–H groups in total. The Kier molecular flexibility index (Phi) is 5.36.